The molecule has 0 radical (unpaired) electrons. The van der Waals surface area contributed by atoms with Crippen molar-refractivity contribution in [1.29, 1.82) is 0 Å². The van der Waals surface area contributed by atoms with Crippen LogP contribution in [0, 0.1) is 10.1 Å². The zero-order chi connectivity index (χ0) is 36.7. The van der Waals surface area contributed by atoms with Crippen LogP contribution in [0.25, 0.3) is 10.8 Å². The summed E-state index contributed by atoms with van der Waals surface area (Å²) in [6.45, 7) is 0.993. The second-order valence-corrected chi connectivity index (χ2v) is 11.9. The minimum atomic E-state index is -1.03. The van der Waals surface area contributed by atoms with E-state index >= 15 is 0 Å². The van der Waals surface area contributed by atoms with Crippen molar-refractivity contribution in [3.63, 3.8) is 0 Å². The van der Waals surface area contributed by atoms with E-state index in [4.69, 9.17) is 37.9 Å². The monoisotopic (exact) mass is 720 g/mol. The molecule has 3 atom stereocenters. The van der Waals surface area contributed by atoms with Gasteiger partial charge >= 0.3 is 6.09 Å². The molecule has 1 amide bonds. The van der Waals surface area contributed by atoms with Gasteiger partial charge in [-0.25, -0.2) is 4.79 Å². The minimum absolute atomic E-state index is 0.0383. The van der Waals surface area contributed by atoms with E-state index in [0.29, 0.717) is 37.7 Å². The zero-order valence-corrected chi connectivity index (χ0v) is 29.5. The van der Waals surface area contributed by atoms with Crippen LogP contribution in [0.3, 0.4) is 0 Å². The van der Waals surface area contributed by atoms with Gasteiger partial charge < -0.3 is 42.8 Å². The van der Waals surface area contributed by atoms with E-state index in [0.717, 1.165) is 33.2 Å². The molecule has 0 spiro atoms. The Hall–Kier alpha value is -5.15. The maximum atomic E-state index is 13.0. The molecule has 4 aromatic carbocycles. The zero-order valence-electron chi connectivity index (χ0n) is 29.5. The number of nitrogens with zero attached hydrogens (tertiary/aromatic N) is 2. The van der Waals surface area contributed by atoms with Crippen LogP contribution in [-0.2, 0) is 41.7 Å². The first kappa shape index (κ1) is 38.1. The molecular formula is C38H44N2O12. The Morgan fingerprint density at radius 3 is 2.31 bits per heavy atom. The Labute approximate surface area is 302 Å². The molecule has 1 heterocycles. The Morgan fingerprint density at radius 1 is 0.827 bits per heavy atom. The number of ether oxygens (including phenoxy) is 8. The molecule has 0 aromatic heterocycles. The standard InChI is InChI=1S/C38H44N2O12/c1-44-25-50-36-22-39(38(41)51-26-52-40(42)43)21-35(49-23-27-19-29-9-4-6-11-32(29)34(20-27)46-3)37(36)28-13-15-31(16-14-28)48-18-8-17-47-24-30-10-5-7-12-33(30)45-2/h4-7,9-16,19-20,35-37H,8,17-18,21-26H2,1-3H3. The first-order valence-electron chi connectivity index (χ1n) is 16.8. The van der Waals surface area contributed by atoms with Crippen LogP contribution in [0.4, 0.5) is 4.79 Å². The summed E-state index contributed by atoms with van der Waals surface area (Å²) in [4.78, 5) is 29.2. The lowest BCUT2D eigenvalue weighted by molar-refractivity contribution is -0.765. The Balaban J connectivity index is 1.28. The highest BCUT2D eigenvalue weighted by molar-refractivity contribution is 5.89. The fourth-order valence-corrected chi connectivity index (χ4v) is 6.17. The van der Waals surface area contributed by atoms with Crippen molar-refractivity contribution in [3.8, 4) is 17.2 Å². The Bertz CT molecular complexity index is 1740. The van der Waals surface area contributed by atoms with E-state index < -0.39 is 30.2 Å². The predicted octanol–water partition coefficient (Wildman–Crippen LogP) is 6.12. The first-order valence-corrected chi connectivity index (χ1v) is 16.8. The third-order valence-electron chi connectivity index (χ3n) is 8.58. The van der Waals surface area contributed by atoms with E-state index in [1.54, 1.807) is 14.2 Å². The predicted molar refractivity (Wildman–Crippen MR) is 189 cm³/mol. The molecule has 1 fully saturated rings. The van der Waals surface area contributed by atoms with Crippen molar-refractivity contribution in [2.45, 2.75) is 37.8 Å². The van der Waals surface area contributed by atoms with E-state index in [1.165, 1.54) is 12.0 Å². The molecule has 52 heavy (non-hydrogen) atoms. The van der Waals surface area contributed by atoms with E-state index in [2.05, 4.69) is 4.84 Å². The average molecular weight is 721 g/mol. The summed E-state index contributed by atoms with van der Waals surface area (Å²) in [6.07, 6.45) is -1.27. The molecule has 1 aliphatic heterocycles. The van der Waals surface area contributed by atoms with Crippen molar-refractivity contribution in [1.82, 2.24) is 4.90 Å². The number of para-hydroxylation sites is 1. The molecule has 1 saturated heterocycles. The molecule has 4 aromatic rings. The van der Waals surface area contributed by atoms with Crippen LogP contribution in [0.1, 0.15) is 29.0 Å². The quantitative estimate of drug-likeness (QED) is 0.0476. The number of likely N-dealkylation sites (tertiary alicyclic amines) is 1. The van der Waals surface area contributed by atoms with Crippen molar-refractivity contribution in [3.05, 3.63) is 112 Å². The van der Waals surface area contributed by atoms with Crippen molar-refractivity contribution >= 4 is 16.9 Å². The van der Waals surface area contributed by atoms with Crippen LogP contribution in [0.2, 0.25) is 0 Å². The van der Waals surface area contributed by atoms with Gasteiger partial charge in [0.05, 0.1) is 65.9 Å². The number of hydrogen-bond acceptors (Lipinski definition) is 12. The molecule has 5 rings (SSSR count). The van der Waals surface area contributed by atoms with E-state index in [9.17, 15) is 14.9 Å². The van der Waals surface area contributed by atoms with Gasteiger partial charge in [0, 0.05) is 30.4 Å². The lowest BCUT2D eigenvalue weighted by atomic mass is 9.84. The van der Waals surface area contributed by atoms with Gasteiger partial charge in [-0.15, -0.1) is 10.1 Å². The second kappa shape index (κ2) is 19.5. The molecule has 14 nitrogen and oxygen atoms in total. The number of carbonyl (C=O) groups excluding carboxylic acids is 1. The number of rotatable bonds is 19. The average Bonchev–Trinajstić information content (AvgIpc) is 3.17. The fraction of sp³-hybridized carbons (Fsp3) is 0.395. The molecular weight excluding hydrogens is 676 g/mol. The second-order valence-electron chi connectivity index (χ2n) is 11.9. The van der Waals surface area contributed by atoms with Crippen molar-refractivity contribution in [2.75, 3.05) is 61.2 Å². The van der Waals surface area contributed by atoms with Crippen molar-refractivity contribution in [2.24, 2.45) is 0 Å². The molecule has 0 bridgehead atoms. The lowest BCUT2D eigenvalue weighted by Crippen LogP contribution is -2.54. The number of benzene rings is 4. The molecule has 1 aliphatic rings. The van der Waals surface area contributed by atoms with Gasteiger partial charge in [-0.2, -0.15) is 0 Å². The minimum Gasteiger partial charge on any atom is -0.496 e. The van der Waals surface area contributed by atoms with Gasteiger partial charge in [0.2, 0.25) is 6.79 Å². The van der Waals surface area contributed by atoms with Gasteiger partial charge in [-0.3, -0.25) is 4.84 Å². The smallest absolute Gasteiger partial charge is 0.411 e. The topological polar surface area (TPSA) is 147 Å². The number of hydrogen-bond donors (Lipinski definition) is 0. The highest BCUT2D eigenvalue weighted by Gasteiger charge is 2.41. The van der Waals surface area contributed by atoms with Gasteiger partial charge in [-0.1, -0.05) is 54.6 Å². The largest absolute Gasteiger partial charge is 0.496 e. The SMILES string of the molecule is COCOC1CN(C(=O)OCO[N+](=O)[O-])CC(OCc2cc(OC)c3ccccc3c2)C1c1ccc(OCCCOCc2ccccc2OC)cc1. The van der Waals surface area contributed by atoms with Crippen LogP contribution in [0.15, 0.2) is 84.9 Å². The Morgan fingerprint density at radius 2 is 1.56 bits per heavy atom. The number of amides is 1. The van der Waals surface area contributed by atoms with E-state index in [1.807, 2.05) is 84.9 Å². The molecule has 278 valence electrons. The first-order chi connectivity index (χ1) is 25.4. The number of piperidine rings is 1. The normalized spacial score (nSPS) is 17.1. The van der Waals surface area contributed by atoms with Gasteiger partial charge in [0.15, 0.2) is 0 Å². The summed E-state index contributed by atoms with van der Waals surface area (Å²) < 4.78 is 45.8. The number of fused-ring (bicyclic) bond motifs is 1. The van der Waals surface area contributed by atoms with Gasteiger partial charge in [0.1, 0.15) is 24.0 Å². The summed E-state index contributed by atoms with van der Waals surface area (Å²) in [5.74, 6) is 1.86. The molecule has 0 saturated carbocycles. The highest BCUT2D eigenvalue weighted by Crippen LogP contribution is 2.35. The maximum Gasteiger partial charge on any atom is 0.411 e. The summed E-state index contributed by atoms with van der Waals surface area (Å²) in [7, 11) is 4.77. The van der Waals surface area contributed by atoms with Crippen LogP contribution in [0.5, 0.6) is 17.2 Å². The summed E-state index contributed by atoms with van der Waals surface area (Å²) in [5.41, 5.74) is 2.76. The molecule has 14 heteroatoms. The molecule has 0 N–H and O–H groups in total. The number of carbonyl (C=O) groups is 1. The Kier molecular flexibility index (Phi) is 14.3. The highest BCUT2D eigenvalue weighted by atomic mass is 17.0. The van der Waals surface area contributed by atoms with Gasteiger partial charge in [0.25, 0.3) is 5.09 Å². The third-order valence-corrected chi connectivity index (χ3v) is 8.58. The van der Waals surface area contributed by atoms with Crippen LogP contribution >= 0.6 is 0 Å². The number of methoxy groups -OCH3 is 3. The van der Waals surface area contributed by atoms with E-state index in [-0.39, 0.29) is 32.4 Å². The van der Waals surface area contributed by atoms with Crippen LogP contribution in [-0.4, -0.2) is 89.5 Å². The van der Waals surface area contributed by atoms with Crippen LogP contribution < -0.4 is 14.2 Å². The third kappa shape index (κ3) is 10.4. The maximum absolute atomic E-state index is 13.0. The molecule has 3 unspecified atom stereocenters. The summed E-state index contributed by atoms with van der Waals surface area (Å²) in [5, 5.41) is 11.6. The van der Waals surface area contributed by atoms with Gasteiger partial charge in [-0.05, 0) is 46.8 Å². The summed E-state index contributed by atoms with van der Waals surface area (Å²) >= 11 is 0. The molecule has 0 aliphatic carbocycles. The summed E-state index contributed by atoms with van der Waals surface area (Å²) in [6, 6.07) is 27.3. The fourth-order valence-electron chi connectivity index (χ4n) is 6.17. The lowest BCUT2D eigenvalue weighted by Gasteiger charge is -2.43. The van der Waals surface area contributed by atoms with Crippen molar-refractivity contribution < 1.29 is 52.6 Å².